The van der Waals surface area contributed by atoms with Crippen molar-refractivity contribution in [2.45, 2.75) is 13.1 Å². The predicted octanol–water partition coefficient (Wildman–Crippen LogP) is 4.78. The van der Waals surface area contributed by atoms with Crippen LogP contribution in [0.3, 0.4) is 0 Å². The van der Waals surface area contributed by atoms with Gasteiger partial charge in [0, 0.05) is 28.7 Å². The summed E-state index contributed by atoms with van der Waals surface area (Å²) in [5.74, 6) is 1.43. The van der Waals surface area contributed by atoms with Crippen LogP contribution in [-0.4, -0.2) is 30.1 Å². The molecule has 0 saturated carbocycles. The van der Waals surface area contributed by atoms with Gasteiger partial charge in [-0.25, -0.2) is 4.79 Å². The molecule has 33 heavy (non-hydrogen) atoms. The molecule has 4 rings (SSSR count). The SMILES string of the molecule is COc1ccc(CN(Cc2cc3cc(OC)ccc3[nH]c2=O)C(=O)Nc2ccccc2)cc1. The molecule has 1 aromatic heterocycles. The molecule has 4 aromatic rings. The van der Waals surface area contributed by atoms with E-state index in [9.17, 15) is 9.59 Å². The molecule has 0 spiro atoms. The van der Waals surface area contributed by atoms with Crippen LogP contribution >= 0.6 is 0 Å². The second kappa shape index (κ2) is 9.91. The van der Waals surface area contributed by atoms with Gasteiger partial charge < -0.3 is 24.7 Å². The zero-order chi connectivity index (χ0) is 23.2. The van der Waals surface area contributed by atoms with Crippen LogP contribution in [-0.2, 0) is 13.1 Å². The summed E-state index contributed by atoms with van der Waals surface area (Å²) >= 11 is 0. The maximum absolute atomic E-state index is 13.2. The van der Waals surface area contributed by atoms with Gasteiger partial charge in [-0.15, -0.1) is 0 Å². The normalized spacial score (nSPS) is 10.6. The van der Waals surface area contributed by atoms with Gasteiger partial charge in [-0.3, -0.25) is 4.79 Å². The average molecular weight is 444 g/mol. The van der Waals surface area contributed by atoms with Crippen molar-refractivity contribution in [3.05, 3.63) is 100 Å². The quantitative estimate of drug-likeness (QED) is 0.431. The molecule has 2 N–H and O–H groups in total. The lowest BCUT2D eigenvalue weighted by Gasteiger charge is -2.23. The maximum Gasteiger partial charge on any atom is 0.322 e. The number of H-pyrrole nitrogens is 1. The summed E-state index contributed by atoms with van der Waals surface area (Å²) in [6.45, 7) is 0.450. The zero-order valence-electron chi connectivity index (χ0n) is 18.5. The average Bonchev–Trinajstić information content (AvgIpc) is 2.84. The number of benzene rings is 3. The standard InChI is InChI=1S/C26H25N3O4/c1-32-22-10-8-18(9-11-22)16-29(26(31)27-21-6-4-3-5-7-21)17-20-14-19-15-23(33-2)12-13-24(19)28-25(20)30/h3-15H,16-17H2,1-2H3,(H,27,31)(H,28,30). The second-order valence-corrected chi connectivity index (χ2v) is 7.58. The number of carbonyl (C=O) groups is 1. The fourth-order valence-corrected chi connectivity index (χ4v) is 3.55. The lowest BCUT2D eigenvalue weighted by molar-refractivity contribution is 0.206. The molecule has 1 heterocycles. The first-order chi connectivity index (χ1) is 16.1. The van der Waals surface area contributed by atoms with E-state index in [0.29, 0.717) is 29.1 Å². The van der Waals surface area contributed by atoms with Crippen molar-refractivity contribution in [3.63, 3.8) is 0 Å². The lowest BCUT2D eigenvalue weighted by Crippen LogP contribution is -2.35. The summed E-state index contributed by atoms with van der Waals surface area (Å²) < 4.78 is 10.5. The number of urea groups is 1. The second-order valence-electron chi connectivity index (χ2n) is 7.58. The van der Waals surface area contributed by atoms with E-state index in [1.54, 1.807) is 37.3 Å². The summed E-state index contributed by atoms with van der Waals surface area (Å²) in [7, 11) is 3.20. The summed E-state index contributed by atoms with van der Waals surface area (Å²) in [4.78, 5) is 30.5. The molecule has 0 radical (unpaired) electrons. The third-order valence-corrected chi connectivity index (χ3v) is 5.33. The fourth-order valence-electron chi connectivity index (χ4n) is 3.55. The number of methoxy groups -OCH3 is 2. The number of nitrogens with one attached hydrogen (secondary N) is 2. The number of pyridine rings is 1. The van der Waals surface area contributed by atoms with Crippen LogP contribution in [0.1, 0.15) is 11.1 Å². The van der Waals surface area contributed by atoms with Crippen LogP contribution in [0.4, 0.5) is 10.5 Å². The van der Waals surface area contributed by atoms with Crippen LogP contribution < -0.4 is 20.3 Å². The number of rotatable bonds is 7. The number of nitrogens with zero attached hydrogens (tertiary/aromatic N) is 1. The summed E-state index contributed by atoms with van der Waals surface area (Å²) in [5, 5.41) is 3.74. The molecule has 2 amide bonds. The minimum absolute atomic E-state index is 0.132. The van der Waals surface area contributed by atoms with Crippen LogP contribution in [0.2, 0.25) is 0 Å². The molecule has 0 fully saturated rings. The molecule has 0 saturated heterocycles. The number of para-hydroxylation sites is 1. The highest BCUT2D eigenvalue weighted by atomic mass is 16.5. The van der Waals surface area contributed by atoms with Crippen molar-refractivity contribution in [3.8, 4) is 11.5 Å². The highest BCUT2D eigenvalue weighted by molar-refractivity contribution is 5.89. The number of carbonyl (C=O) groups excluding carboxylic acids is 1. The monoisotopic (exact) mass is 443 g/mol. The molecule has 3 aromatic carbocycles. The maximum atomic E-state index is 13.2. The number of hydrogen-bond acceptors (Lipinski definition) is 4. The zero-order valence-corrected chi connectivity index (χ0v) is 18.5. The smallest absolute Gasteiger partial charge is 0.322 e. The van der Waals surface area contributed by atoms with Gasteiger partial charge in [-0.2, -0.15) is 0 Å². The Labute approximate surface area is 191 Å². The predicted molar refractivity (Wildman–Crippen MR) is 129 cm³/mol. The molecule has 0 aliphatic carbocycles. The molecule has 7 heteroatoms. The Morgan fingerprint density at radius 1 is 0.879 bits per heavy atom. The Kier molecular flexibility index (Phi) is 6.59. The Balaban J connectivity index is 1.65. The van der Waals surface area contributed by atoms with Crippen molar-refractivity contribution in [2.24, 2.45) is 0 Å². The van der Waals surface area contributed by atoms with Crippen molar-refractivity contribution < 1.29 is 14.3 Å². The van der Waals surface area contributed by atoms with E-state index in [-0.39, 0.29) is 18.1 Å². The number of hydrogen-bond donors (Lipinski definition) is 2. The Bertz CT molecular complexity index is 1300. The van der Waals surface area contributed by atoms with Gasteiger partial charge in [0.2, 0.25) is 0 Å². The number of amides is 2. The lowest BCUT2D eigenvalue weighted by atomic mass is 10.1. The van der Waals surface area contributed by atoms with Gasteiger partial charge in [0.1, 0.15) is 11.5 Å². The summed E-state index contributed by atoms with van der Waals surface area (Å²) in [6.07, 6.45) is 0. The molecule has 0 unspecified atom stereocenters. The van der Waals surface area contributed by atoms with E-state index in [1.807, 2.05) is 60.7 Å². The molecular formula is C26H25N3O4. The van der Waals surface area contributed by atoms with Gasteiger partial charge in [-0.1, -0.05) is 30.3 Å². The molecule has 7 nitrogen and oxygen atoms in total. The van der Waals surface area contributed by atoms with Gasteiger partial charge in [-0.05, 0) is 54.1 Å². The van der Waals surface area contributed by atoms with Crippen LogP contribution in [0.25, 0.3) is 10.9 Å². The van der Waals surface area contributed by atoms with Crippen LogP contribution in [0.15, 0.2) is 83.7 Å². The molecule has 0 bridgehead atoms. The number of anilines is 1. The van der Waals surface area contributed by atoms with E-state index < -0.39 is 0 Å². The molecule has 168 valence electrons. The first-order valence-corrected chi connectivity index (χ1v) is 10.5. The number of aromatic nitrogens is 1. The van der Waals surface area contributed by atoms with Crippen molar-refractivity contribution in [1.82, 2.24) is 9.88 Å². The van der Waals surface area contributed by atoms with E-state index in [0.717, 1.165) is 16.7 Å². The minimum atomic E-state index is -0.304. The van der Waals surface area contributed by atoms with Crippen LogP contribution in [0, 0.1) is 0 Å². The van der Waals surface area contributed by atoms with E-state index in [4.69, 9.17) is 9.47 Å². The topological polar surface area (TPSA) is 83.7 Å². The summed E-state index contributed by atoms with van der Waals surface area (Å²) in [6, 6.07) is 23.7. The van der Waals surface area contributed by atoms with Gasteiger partial charge >= 0.3 is 6.03 Å². The van der Waals surface area contributed by atoms with Crippen molar-refractivity contribution in [2.75, 3.05) is 19.5 Å². The minimum Gasteiger partial charge on any atom is -0.497 e. The van der Waals surface area contributed by atoms with Crippen LogP contribution in [0.5, 0.6) is 11.5 Å². The Morgan fingerprint density at radius 3 is 2.27 bits per heavy atom. The largest absolute Gasteiger partial charge is 0.497 e. The molecular weight excluding hydrogens is 418 g/mol. The Morgan fingerprint density at radius 2 is 1.58 bits per heavy atom. The first kappa shape index (κ1) is 22.0. The highest BCUT2D eigenvalue weighted by Crippen LogP contribution is 2.20. The molecule has 0 atom stereocenters. The fraction of sp³-hybridized carbons (Fsp3) is 0.154. The van der Waals surface area contributed by atoms with E-state index >= 15 is 0 Å². The third kappa shape index (κ3) is 5.33. The number of aromatic amines is 1. The molecule has 0 aliphatic heterocycles. The van der Waals surface area contributed by atoms with Gasteiger partial charge in [0.15, 0.2) is 0 Å². The summed E-state index contributed by atoms with van der Waals surface area (Å²) in [5.41, 5.74) is 2.55. The third-order valence-electron chi connectivity index (χ3n) is 5.33. The Hall–Kier alpha value is -4.26. The van der Waals surface area contributed by atoms with E-state index in [2.05, 4.69) is 10.3 Å². The van der Waals surface area contributed by atoms with Crippen molar-refractivity contribution >= 4 is 22.6 Å². The highest BCUT2D eigenvalue weighted by Gasteiger charge is 2.17. The first-order valence-electron chi connectivity index (χ1n) is 10.5. The van der Waals surface area contributed by atoms with Gasteiger partial charge in [0.25, 0.3) is 5.56 Å². The number of fused-ring (bicyclic) bond motifs is 1. The van der Waals surface area contributed by atoms with Gasteiger partial charge in [0.05, 0.1) is 20.8 Å². The molecule has 0 aliphatic rings. The van der Waals surface area contributed by atoms with Crippen molar-refractivity contribution in [1.29, 1.82) is 0 Å². The van der Waals surface area contributed by atoms with E-state index in [1.165, 1.54) is 0 Å². The number of ether oxygens (including phenoxy) is 2.